The van der Waals surface area contributed by atoms with Crippen LogP contribution in [0.2, 0.25) is 0 Å². The van der Waals surface area contributed by atoms with Crippen LogP contribution in [0.1, 0.15) is 17.3 Å². The van der Waals surface area contributed by atoms with E-state index in [1.165, 1.54) is 0 Å². The van der Waals surface area contributed by atoms with Gasteiger partial charge in [-0.25, -0.2) is 4.79 Å². The van der Waals surface area contributed by atoms with Gasteiger partial charge in [-0.2, -0.15) is 0 Å². The number of hydrogen-bond donors (Lipinski definition) is 0. The first kappa shape index (κ1) is 15.6. The summed E-state index contributed by atoms with van der Waals surface area (Å²) in [5.41, 5.74) is 0.524. The predicted molar refractivity (Wildman–Crippen MR) is 91.6 cm³/mol. The zero-order valence-corrected chi connectivity index (χ0v) is 13.7. The number of benzene rings is 2. The minimum absolute atomic E-state index is 0.231. The van der Waals surface area contributed by atoms with E-state index in [1.54, 1.807) is 31.2 Å². The first-order valence-electron chi connectivity index (χ1n) is 6.56. The smallest absolute Gasteiger partial charge is 0.348 e. The largest absolute Gasteiger partial charge is 0.462 e. The lowest BCUT2D eigenvalue weighted by Crippen LogP contribution is -2.24. The van der Waals surface area contributed by atoms with E-state index in [4.69, 9.17) is 4.74 Å². The maximum Gasteiger partial charge on any atom is 0.348 e. The zero-order chi connectivity index (χ0) is 15.1. The Balaban J connectivity index is 2.40. The van der Waals surface area contributed by atoms with Gasteiger partial charge < -0.3 is 4.74 Å². The van der Waals surface area contributed by atoms with Crippen molar-refractivity contribution in [1.82, 2.24) is 0 Å². The molecule has 0 spiro atoms. The highest BCUT2D eigenvalue weighted by Crippen LogP contribution is 2.17. The highest BCUT2D eigenvalue weighted by molar-refractivity contribution is 14.2. The third-order valence-electron chi connectivity index (χ3n) is 2.63. The molecule has 0 heterocycles. The van der Waals surface area contributed by atoms with Gasteiger partial charge in [-0.1, -0.05) is 69.3 Å². The summed E-state index contributed by atoms with van der Waals surface area (Å²) in [7, 11) is 0. The average molecular weight is 394 g/mol. The van der Waals surface area contributed by atoms with Crippen molar-refractivity contribution in [3.63, 3.8) is 0 Å². The molecule has 0 fully saturated rings. The van der Waals surface area contributed by atoms with Crippen LogP contribution in [0.5, 0.6) is 0 Å². The summed E-state index contributed by atoms with van der Waals surface area (Å²) in [5.74, 6) is -0.728. The molecule has 0 atom stereocenters. The van der Waals surface area contributed by atoms with Crippen molar-refractivity contribution in [1.29, 1.82) is 0 Å². The van der Waals surface area contributed by atoms with Gasteiger partial charge in [-0.3, -0.25) is 4.79 Å². The summed E-state index contributed by atoms with van der Waals surface area (Å²) in [6, 6.07) is 18.5. The third kappa shape index (κ3) is 4.32. The second-order valence-electron chi connectivity index (χ2n) is 4.12. The number of hydrogen-bond acceptors (Lipinski definition) is 3. The number of carbonyl (C=O) groups excluding carboxylic acids is 2. The number of carbonyl (C=O) groups is 2. The molecule has 0 aliphatic carbocycles. The van der Waals surface area contributed by atoms with Crippen LogP contribution in [-0.4, -0.2) is 21.9 Å². The molecule has 0 bridgehead atoms. The van der Waals surface area contributed by atoms with Crippen molar-refractivity contribution in [2.75, 3.05) is 6.61 Å². The summed E-state index contributed by atoms with van der Waals surface area (Å²) in [4.78, 5) is 24.7. The Kier molecular flexibility index (Phi) is 5.80. The third-order valence-corrected chi connectivity index (χ3v) is 5.44. The summed E-state index contributed by atoms with van der Waals surface area (Å²) < 4.78 is 6.34. The molecule has 0 unspecified atom stereocenters. The molecule has 108 valence electrons. The second kappa shape index (κ2) is 7.83. The Morgan fingerprint density at radius 2 is 1.52 bits per heavy atom. The van der Waals surface area contributed by atoms with Crippen molar-refractivity contribution in [2.24, 2.45) is 0 Å². The molecule has 2 rings (SSSR count). The molecule has 0 saturated carbocycles. The highest BCUT2D eigenvalue weighted by Gasteiger charge is 2.21. The van der Waals surface area contributed by atoms with Gasteiger partial charge in [0.25, 0.3) is 0 Å². The molecular weight excluding hydrogens is 379 g/mol. The van der Waals surface area contributed by atoms with Crippen molar-refractivity contribution >= 4 is 36.0 Å². The van der Waals surface area contributed by atoms with Crippen molar-refractivity contribution in [3.8, 4) is 0 Å². The first-order valence-corrected chi connectivity index (χ1v) is 8.71. The average Bonchev–Trinajstić information content (AvgIpc) is 2.54. The molecule has 2 aromatic carbocycles. The fraction of sp³-hybridized carbons (Fsp3) is 0.118. The Hall–Kier alpha value is -1.82. The van der Waals surface area contributed by atoms with Gasteiger partial charge in [-0.15, -0.1) is 0 Å². The maximum absolute atomic E-state index is 12.6. The predicted octanol–water partition coefficient (Wildman–Crippen LogP) is 3.45. The number of halogens is 1. The summed E-state index contributed by atoms with van der Waals surface area (Å²) >= 11 is -0.865. The Morgan fingerprint density at radius 1 is 0.952 bits per heavy atom. The van der Waals surface area contributed by atoms with Gasteiger partial charge in [0, 0.05) is 9.13 Å². The summed E-state index contributed by atoms with van der Waals surface area (Å²) in [5, 5.41) is 0. The molecule has 3 nitrogen and oxygen atoms in total. The SMILES string of the molecule is CCOC(=O)C(=Ic1ccccc1)C(=O)c1ccccc1. The van der Waals surface area contributed by atoms with Gasteiger partial charge in [0.15, 0.2) is 0 Å². The van der Waals surface area contributed by atoms with E-state index >= 15 is 0 Å². The fourth-order valence-electron chi connectivity index (χ4n) is 1.67. The molecule has 2 aromatic rings. The van der Waals surface area contributed by atoms with Gasteiger partial charge in [0.2, 0.25) is 5.78 Å². The van der Waals surface area contributed by atoms with Crippen LogP contribution in [0.4, 0.5) is 0 Å². The molecule has 0 N–H and O–H groups in total. The topological polar surface area (TPSA) is 43.4 Å². The number of ether oxygens (including phenoxy) is 1. The lowest BCUT2D eigenvalue weighted by atomic mass is 10.1. The normalized spacial score (nSPS) is 11.4. The number of esters is 1. The Bertz CT molecular complexity index is 648. The monoisotopic (exact) mass is 394 g/mol. The van der Waals surface area contributed by atoms with E-state index in [0.717, 1.165) is 3.57 Å². The van der Waals surface area contributed by atoms with Gasteiger partial charge in [0.1, 0.15) is 3.51 Å². The van der Waals surface area contributed by atoms with Crippen LogP contribution in [0.3, 0.4) is 0 Å². The van der Waals surface area contributed by atoms with Gasteiger partial charge in [-0.05, 0) is 19.1 Å². The fourth-order valence-corrected chi connectivity index (χ4v) is 4.00. The molecular formula is C17H15IO3. The van der Waals surface area contributed by atoms with Crippen LogP contribution < -0.4 is 0 Å². The van der Waals surface area contributed by atoms with E-state index in [9.17, 15) is 9.59 Å². The molecule has 0 aliphatic rings. The minimum atomic E-state index is -0.865. The van der Waals surface area contributed by atoms with Crippen LogP contribution in [0, 0.1) is 3.57 Å². The maximum atomic E-state index is 12.6. The van der Waals surface area contributed by atoms with Gasteiger partial charge >= 0.3 is 5.97 Å². The van der Waals surface area contributed by atoms with E-state index in [0.29, 0.717) is 5.56 Å². The van der Waals surface area contributed by atoms with Gasteiger partial charge in [0.05, 0.1) is 6.61 Å². The van der Waals surface area contributed by atoms with Crippen molar-refractivity contribution in [2.45, 2.75) is 6.92 Å². The molecule has 4 heteroatoms. The number of Topliss-reactive ketones (excluding diaryl/α,β-unsaturated/α-hetero) is 1. The lowest BCUT2D eigenvalue weighted by Gasteiger charge is -2.06. The lowest BCUT2D eigenvalue weighted by molar-refractivity contribution is -0.134. The standard InChI is InChI=1S/C17H15IO3/c1-2-21-17(20)15(18-14-11-7-4-8-12-14)16(19)13-9-5-3-6-10-13/h3-12H,2H2,1H3. The number of ketones is 1. The Morgan fingerprint density at radius 3 is 2.10 bits per heavy atom. The van der Waals surface area contributed by atoms with E-state index < -0.39 is 26.7 Å². The van der Waals surface area contributed by atoms with Crippen molar-refractivity contribution in [3.05, 3.63) is 69.8 Å². The summed E-state index contributed by atoms with van der Waals surface area (Å²) in [6.07, 6.45) is 0. The van der Waals surface area contributed by atoms with Crippen LogP contribution in [0.25, 0.3) is 0 Å². The summed E-state index contributed by atoms with van der Waals surface area (Å²) in [6.45, 7) is 2.01. The first-order chi connectivity index (χ1) is 10.2. The minimum Gasteiger partial charge on any atom is -0.462 e. The molecule has 0 radical (unpaired) electrons. The van der Waals surface area contributed by atoms with Crippen molar-refractivity contribution < 1.29 is 14.3 Å². The van der Waals surface area contributed by atoms with Crippen LogP contribution in [-0.2, 0) is 9.53 Å². The molecule has 0 saturated heterocycles. The number of rotatable bonds is 5. The second-order valence-corrected chi connectivity index (χ2v) is 6.98. The van der Waals surface area contributed by atoms with Crippen LogP contribution in [0.15, 0.2) is 60.7 Å². The van der Waals surface area contributed by atoms with Crippen LogP contribution >= 0.6 is 20.7 Å². The van der Waals surface area contributed by atoms with E-state index in [-0.39, 0.29) is 15.9 Å². The molecule has 0 aromatic heterocycles. The zero-order valence-electron chi connectivity index (χ0n) is 11.6. The molecule has 0 amide bonds. The quantitative estimate of drug-likeness (QED) is 0.338. The highest BCUT2D eigenvalue weighted by atomic mass is 127. The van der Waals surface area contributed by atoms with E-state index in [2.05, 4.69) is 0 Å². The molecule has 21 heavy (non-hydrogen) atoms. The van der Waals surface area contributed by atoms with E-state index in [1.807, 2.05) is 36.4 Å². The molecule has 0 aliphatic heterocycles. The Labute approximate surface area is 133 Å².